The molecule has 0 aliphatic carbocycles. The molecule has 1 heterocycles. The molecule has 1 aliphatic rings. The predicted octanol–water partition coefficient (Wildman–Crippen LogP) is 3.41. The summed E-state index contributed by atoms with van der Waals surface area (Å²) >= 11 is 0. The number of anilines is 1. The van der Waals surface area contributed by atoms with E-state index in [4.69, 9.17) is 9.47 Å². The lowest BCUT2D eigenvalue weighted by Crippen LogP contribution is -2.34. The molecule has 0 radical (unpaired) electrons. The first kappa shape index (κ1) is 19.2. The van der Waals surface area contributed by atoms with Gasteiger partial charge in [0.2, 0.25) is 10.0 Å². The van der Waals surface area contributed by atoms with Gasteiger partial charge in [0.05, 0.1) is 24.1 Å². The zero-order valence-corrected chi connectivity index (χ0v) is 16.3. The Morgan fingerprint density at radius 3 is 2.59 bits per heavy atom. The van der Waals surface area contributed by atoms with Crippen molar-refractivity contribution in [2.75, 3.05) is 23.7 Å². The van der Waals surface area contributed by atoms with Crippen LogP contribution in [0.25, 0.3) is 0 Å². The van der Waals surface area contributed by atoms with Gasteiger partial charge in [-0.1, -0.05) is 19.1 Å². The molecule has 27 heavy (non-hydrogen) atoms. The molecule has 2 aromatic rings. The summed E-state index contributed by atoms with van der Waals surface area (Å²) in [5, 5.41) is 0. The van der Waals surface area contributed by atoms with Gasteiger partial charge in [0.1, 0.15) is 0 Å². The van der Waals surface area contributed by atoms with E-state index in [1.807, 2.05) is 13.0 Å². The maximum atomic E-state index is 12.6. The van der Waals surface area contributed by atoms with Crippen LogP contribution in [0, 0.1) is 0 Å². The standard InChI is InChI=1S/C20H23NO5S/c1-3-13-25-18-8-4-5-9-19(18)26-20(22)16-10-11-17-15(14-16)7-6-12-21(17)27(2,23)24/h4-5,8-11,14H,3,6-7,12-13H2,1-2H3. The Morgan fingerprint density at radius 1 is 1.15 bits per heavy atom. The molecule has 0 unspecified atom stereocenters. The Kier molecular flexibility index (Phi) is 5.70. The zero-order valence-electron chi connectivity index (χ0n) is 15.5. The monoisotopic (exact) mass is 389 g/mol. The number of hydrogen-bond acceptors (Lipinski definition) is 5. The normalized spacial score (nSPS) is 13.8. The quantitative estimate of drug-likeness (QED) is 0.559. The van der Waals surface area contributed by atoms with Gasteiger partial charge in [-0.05, 0) is 55.2 Å². The largest absolute Gasteiger partial charge is 0.490 e. The van der Waals surface area contributed by atoms with Crippen molar-refractivity contribution < 1.29 is 22.7 Å². The fraction of sp³-hybridized carbons (Fsp3) is 0.350. The maximum absolute atomic E-state index is 12.6. The molecule has 0 saturated heterocycles. The topological polar surface area (TPSA) is 72.9 Å². The number of esters is 1. The van der Waals surface area contributed by atoms with Gasteiger partial charge in [0.25, 0.3) is 0 Å². The lowest BCUT2D eigenvalue weighted by Gasteiger charge is -2.29. The molecule has 144 valence electrons. The van der Waals surface area contributed by atoms with Crippen LogP contribution in [0.4, 0.5) is 5.69 Å². The minimum absolute atomic E-state index is 0.367. The molecule has 2 aromatic carbocycles. The third-order valence-corrected chi connectivity index (χ3v) is 5.48. The van der Waals surface area contributed by atoms with Gasteiger partial charge in [-0.15, -0.1) is 0 Å². The summed E-state index contributed by atoms with van der Waals surface area (Å²) in [6.45, 7) is 2.99. The lowest BCUT2D eigenvalue weighted by molar-refractivity contribution is 0.0728. The lowest BCUT2D eigenvalue weighted by atomic mass is 10.0. The molecule has 3 rings (SSSR count). The predicted molar refractivity (Wildman–Crippen MR) is 104 cm³/mol. The van der Waals surface area contributed by atoms with Crippen LogP contribution in [0.15, 0.2) is 42.5 Å². The highest BCUT2D eigenvalue weighted by molar-refractivity contribution is 7.92. The summed E-state index contributed by atoms with van der Waals surface area (Å²) in [5.41, 5.74) is 1.85. The Morgan fingerprint density at radius 2 is 1.89 bits per heavy atom. The molecule has 0 spiro atoms. The molecule has 0 atom stereocenters. The molecule has 0 amide bonds. The van der Waals surface area contributed by atoms with Crippen molar-refractivity contribution in [3.8, 4) is 11.5 Å². The second-order valence-corrected chi connectivity index (χ2v) is 8.37. The van der Waals surface area contributed by atoms with E-state index >= 15 is 0 Å². The average Bonchev–Trinajstić information content (AvgIpc) is 2.65. The van der Waals surface area contributed by atoms with Crippen molar-refractivity contribution in [3.05, 3.63) is 53.6 Å². The molecule has 0 aromatic heterocycles. The number of carbonyl (C=O) groups excluding carboxylic acids is 1. The highest BCUT2D eigenvalue weighted by atomic mass is 32.2. The summed E-state index contributed by atoms with van der Waals surface area (Å²) in [5.74, 6) is 0.391. The van der Waals surface area contributed by atoms with E-state index in [9.17, 15) is 13.2 Å². The Bertz CT molecular complexity index is 939. The van der Waals surface area contributed by atoms with Crippen molar-refractivity contribution in [2.24, 2.45) is 0 Å². The molecular formula is C20H23NO5S. The fourth-order valence-corrected chi connectivity index (χ4v) is 4.05. The number of para-hydroxylation sites is 2. The van der Waals surface area contributed by atoms with E-state index in [1.54, 1.807) is 36.4 Å². The molecule has 1 aliphatic heterocycles. The van der Waals surface area contributed by atoms with Gasteiger partial charge in [-0.2, -0.15) is 0 Å². The fourth-order valence-electron chi connectivity index (χ4n) is 3.06. The van der Waals surface area contributed by atoms with Crippen molar-refractivity contribution in [1.82, 2.24) is 0 Å². The second kappa shape index (κ2) is 8.00. The van der Waals surface area contributed by atoms with Crippen molar-refractivity contribution in [2.45, 2.75) is 26.2 Å². The van der Waals surface area contributed by atoms with E-state index in [0.717, 1.165) is 18.4 Å². The van der Waals surface area contributed by atoms with Crippen molar-refractivity contribution in [1.29, 1.82) is 0 Å². The minimum Gasteiger partial charge on any atom is -0.490 e. The second-order valence-electron chi connectivity index (χ2n) is 6.47. The number of carbonyl (C=O) groups is 1. The smallest absolute Gasteiger partial charge is 0.343 e. The van der Waals surface area contributed by atoms with E-state index in [-0.39, 0.29) is 0 Å². The Balaban J connectivity index is 1.83. The van der Waals surface area contributed by atoms with Gasteiger partial charge in [0, 0.05) is 6.54 Å². The third kappa shape index (κ3) is 4.42. The Labute approximate surface area is 159 Å². The molecule has 0 saturated carbocycles. The first-order chi connectivity index (χ1) is 12.9. The van der Waals surface area contributed by atoms with Crippen molar-refractivity contribution >= 4 is 21.7 Å². The van der Waals surface area contributed by atoms with Crippen LogP contribution in [-0.2, 0) is 16.4 Å². The molecule has 6 nitrogen and oxygen atoms in total. The summed E-state index contributed by atoms with van der Waals surface area (Å²) in [6.07, 6.45) is 3.48. The Hall–Kier alpha value is -2.54. The molecule has 0 fully saturated rings. The van der Waals surface area contributed by atoms with E-state index in [0.29, 0.717) is 42.3 Å². The van der Waals surface area contributed by atoms with Crippen LogP contribution in [0.1, 0.15) is 35.7 Å². The summed E-state index contributed by atoms with van der Waals surface area (Å²) in [6, 6.07) is 12.0. The number of ether oxygens (including phenoxy) is 2. The number of benzene rings is 2. The first-order valence-electron chi connectivity index (χ1n) is 8.95. The van der Waals surface area contributed by atoms with Gasteiger partial charge in [0.15, 0.2) is 11.5 Å². The van der Waals surface area contributed by atoms with Gasteiger partial charge < -0.3 is 9.47 Å². The van der Waals surface area contributed by atoms with Crippen LogP contribution < -0.4 is 13.8 Å². The van der Waals surface area contributed by atoms with E-state index in [2.05, 4.69) is 0 Å². The number of rotatable bonds is 6. The minimum atomic E-state index is -3.33. The van der Waals surface area contributed by atoms with Crippen LogP contribution in [0.2, 0.25) is 0 Å². The molecule has 0 N–H and O–H groups in total. The molecule has 7 heteroatoms. The van der Waals surface area contributed by atoms with Crippen LogP contribution in [0.5, 0.6) is 11.5 Å². The van der Waals surface area contributed by atoms with Gasteiger partial charge in [-0.3, -0.25) is 4.31 Å². The summed E-state index contributed by atoms with van der Waals surface area (Å²) in [4.78, 5) is 12.6. The number of aryl methyl sites for hydroxylation is 1. The number of hydrogen-bond donors (Lipinski definition) is 0. The SMILES string of the molecule is CCCOc1ccccc1OC(=O)c1ccc2c(c1)CCCN2S(C)(=O)=O. The van der Waals surface area contributed by atoms with Gasteiger partial charge in [-0.25, -0.2) is 13.2 Å². The number of sulfonamides is 1. The third-order valence-electron chi connectivity index (χ3n) is 4.31. The van der Waals surface area contributed by atoms with Crippen LogP contribution in [-0.4, -0.2) is 33.8 Å². The number of fused-ring (bicyclic) bond motifs is 1. The first-order valence-corrected chi connectivity index (χ1v) is 10.8. The number of nitrogens with zero attached hydrogens (tertiary/aromatic N) is 1. The maximum Gasteiger partial charge on any atom is 0.343 e. The summed E-state index contributed by atoms with van der Waals surface area (Å²) < 4.78 is 36.4. The molecular weight excluding hydrogens is 366 g/mol. The van der Waals surface area contributed by atoms with Crippen LogP contribution >= 0.6 is 0 Å². The summed E-state index contributed by atoms with van der Waals surface area (Å²) in [7, 11) is -3.33. The highest BCUT2D eigenvalue weighted by Gasteiger charge is 2.25. The van der Waals surface area contributed by atoms with E-state index in [1.165, 1.54) is 10.6 Å². The zero-order chi connectivity index (χ0) is 19.4. The molecule has 0 bridgehead atoms. The van der Waals surface area contributed by atoms with E-state index < -0.39 is 16.0 Å². The van der Waals surface area contributed by atoms with Crippen LogP contribution in [0.3, 0.4) is 0 Å². The highest BCUT2D eigenvalue weighted by Crippen LogP contribution is 2.31. The average molecular weight is 389 g/mol. The van der Waals surface area contributed by atoms with Gasteiger partial charge >= 0.3 is 5.97 Å². The van der Waals surface area contributed by atoms with Crippen molar-refractivity contribution in [3.63, 3.8) is 0 Å².